The summed E-state index contributed by atoms with van der Waals surface area (Å²) in [7, 11) is 0. The second kappa shape index (κ2) is 6.81. The van der Waals surface area contributed by atoms with Crippen LogP contribution < -0.4 is 10.7 Å². The number of pyridine rings is 2. The van der Waals surface area contributed by atoms with Crippen LogP contribution in [0.1, 0.15) is 0 Å². The minimum Gasteiger partial charge on any atom is -0.338 e. The van der Waals surface area contributed by atoms with E-state index in [0.29, 0.717) is 32.5 Å². The Hall–Kier alpha value is -3.25. The molecule has 0 unspecified atom stereocenters. The molecule has 7 heteroatoms. The minimum absolute atomic E-state index is 0.0163. The van der Waals surface area contributed by atoms with Gasteiger partial charge in [-0.05, 0) is 42.5 Å². The number of aromatic nitrogens is 2. The third kappa shape index (κ3) is 3.39. The number of rotatable bonds is 3. The van der Waals surface area contributed by atoms with Gasteiger partial charge < -0.3 is 9.88 Å². The smallest absolute Gasteiger partial charge is 0.244 e. The predicted molar refractivity (Wildman–Crippen MR) is 104 cm³/mol. The fourth-order valence-electron chi connectivity index (χ4n) is 2.99. The van der Waals surface area contributed by atoms with Gasteiger partial charge in [-0.25, -0.2) is 4.39 Å². The van der Waals surface area contributed by atoms with E-state index in [-0.39, 0.29) is 17.9 Å². The first kappa shape index (κ1) is 17.2. The molecular weight excluding hydrogens is 369 g/mol. The van der Waals surface area contributed by atoms with Crippen molar-refractivity contribution in [1.29, 1.82) is 0 Å². The summed E-state index contributed by atoms with van der Waals surface area (Å²) in [6, 6.07) is 12.1. The third-order valence-electron chi connectivity index (χ3n) is 4.23. The molecule has 1 N–H and O–H groups in total. The Morgan fingerprint density at radius 2 is 1.96 bits per heavy atom. The standard InChI is InChI=1S/C20H13ClFN3O2/c21-12-1-4-18-15(9-12)19(26)6-8-25(18)11-20(27)24-17-5-7-23-16-3-2-13(22)10-14(16)17/h1-10H,11H2,(H,23,24,27). The van der Waals surface area contributed by atoms with Crippen molar-refractivity contribution in [2.45, 2.75) is 6.54 Å². The maximum atomic E-state index is 13.6. The first-order chi connectivity index (χ1) is 13.0. The Morgan fingerprint density at radius 3 is 2.81 bits per heavy atom. The zero-order valence-electron chi connectivity index (χ0n) is 13.9. The van der Waals surface area contributed by atoms with E-state index in [1.54, 1.807) is 47.3 Å². The molecule has 0 saturated carbocycles. The third-order valence-corrected chi connectivity index (χ3v) is 4.47. The molecule has 0 aliphatic rings. The lowest BCUT2D eigenvalue weighted by atomic mass is 10.2. The molecule has 1 amide bonds. The number of carbonyl (C=O) groups is 1. The fourth-order valence-corrected chi connectivity index (χ4v) is 3.17. The van der Waals surface area contributed by atoms with Crippen LogP contribution in [0.25, 0.3) is 21.8 Å². The van der Waals surface area contributed by atoms with Gasteiger partial charge in [-0.1, -0.05) is 11.6 Å². The zero-order valence-corrected chi connectivity index (χ0v) is 14.7. The number of nitrogens with zero attached hydrogens (tertiary/aromatic N) is 2. The molecule has 2 aromatic heterocycles. The maximum Gasteiger partial charge on any atom is 0.244 e. The Kier molecular flexibility index (Phi) is 4.33. The van der Waals surface area contributed by atoms with Crippen LogP contribution in [0.2, 0.25) is 5.02 Å². The van der Waals surface area contributed by atoms with E-state index >= 15 is 0 Å². The summed E-state index contributed by atoms with van der Waals surface area (Å²) in [6.07, 6.45) is 3.11. The van der Waals surface area contributed by atoms with E-state index in [1.807, 2.05) is 0 Å². The first-order valence-electron chi connectivity index (χ1n) is 8.14. The largest absolute Gasteiger partial charge is 0.338 e. The number of anilines is 1. The number of benzene rings is 2. The molecule has 4 rings (SSSR count). The number of nitrogens with one attached hydrogen (secondary N) is 1. The van der Waals surface area contributed by atoms with Crippen molar-refractivity contribution in [3.8, 4) is 0 Å². The van der Waals surface area contributed by atoms with Crippen LogP contribution >= 0.6 is 11.6 Å². The van der Waals surface area contributed by atoms with Crippen molar-refractivity contribution < 1.29 is 9.18 Å². The SMILES string of the molecule is O=C(Cn1ccc(=O)c2cc(Cl)ccc21)Nc1ccnc2ccc(F)cc12. The lowest BCUT2D eigenvalue weighted by Crippen LogP contribution is -2.20. The lowest BCUT2D eigenvalue weighted by molar-refractivity contribution is -0.116. The van der Waals surface area contributed by atoms with Crippen LogP contribution in [0.3, 0.4) is 0 Å². The molecule has 0 radical (unpaired) electrons. The number of halogens is 2. The highest BCUT2D eigenvalue weighted by Crippen LogP contribution is 2.22. The number of amides is 1. The van der Waals surface area contributed by atoms with Crippen molar-refractivity contribution in [1.82, 2.24) is 9.55 Å². The molecule has 5 nitrogen and oxygen atoms in total. The van der Waals surface area contributed by atoms with Crippen LogP contribution in [0.5, 0.6) is 0 Å². The van der Waals surface area contributed by atoms with Gasteiger partial charge in [0.15, 0.2) is 5.43 Å². The Bertz CT molecular complexity index is 1250. The van der Waals surface area contributed by atoms with Gasteiger partial charge in [-0.15, -0.1) is 0 Å². The van der Waals surface area contributed by atoms with Crippen LogP contribution in [0.15, 0.2) is 65.7 Å². The summed E-state index contributed by atoms with van der Waals surface area (Å²) in [4.78, 5) is 28.7. The second-order valence-electron chi connectivity index (χ2n) is 6.04. The van der Waals surface area contributed by atoms with E-state index < -0.39 is 5.82 Å². The average molecular weight is 382 g/mol. The normalized spacial score (nSPS) is 11.0. The average Bonchev–Trinajstić information content (AvgIpc) is 2.65. The monoisotopic (exact) mass is 381 g/mol. The maximum absolute atomic E-state index is 13.6. The molecule has 0 spiro atoms. The molecular formula is C20H13ClFN3O2. The highest BCUT2D eigenvalue weighted by molar-refractivity contribution is 6.31. The Balaban J connectivity index is 1.66. The molecule has 0 saturated heterocycles. The number of fused-ring (bicyclic) bond motifs is 2. The van der Waals surface area contributed by atoms with Crippen molar-refractivity contribution in [3.05, 3.63) is 82.0 Å². The van der Waals surface area contributed by atoms with Crippen LogP contribution in [0, 0.1) is 5.82 Å². The topological polar surface area (TPSA) is 64.0 Å². The van der Waals surface area contributed by atoms with Gasteiger partial charge >= 0.3 is 0 Å². The summed E-state index contributed by atoms with van der Waals surface area (Å²) in [5, 5.41) is 4.19. The van der Waals surface area contributed by atoms with Crippen LogP contribution in [0.4, 0.5) is 10.1 Å². The Morgan fingerprint density at radius 1 is 1.11 bits per heavy atom. The van der Waals surface area contributed by atoms with Crippen molar-refractivity contribution >= 4 is 45.0 Å². The number of carbonyl (C=O) groups excluding carboxylic acids is 1. The minimum atomic E-state index is -0.408. The molecule has 134 valence electrons. The van der Waals surface area contributed by atoms with Crippen molar-refractivity contribution in [2.24, 2.45) is 0 Å². The molecule has 2 aromatic carbocycles. The molecule has 4 aromatic rings. The Labute approximate surface area is 158 Å². The highest BCUT2D eigenvalue weighted by Gasteiger charge is 2.10. The summed E-state index contributed by atoms with van der Waals surface area (Å²) in [6.45, 7) is -0.0163. The summed E-state index contributed by atoms with van der Waals surface area (Å²) in [5.41, 5.74) is 1.49. The molecule has 2 heterocycles. The fraction of sp³-hybridized carbons (Fsp3) is 0.0500. The molecule has 27 heavy (non-hydrogen) atoms. The molecule has 0 atom stereocenters. The van der Waals surface area contributed by atoms with Gasteiger partial charge in [0.05, 0.1) is 16.7 Å². The van der Waals surface area contributed by atoms with E-state index in [0.717, 1.165) is 0 Å². The van der Waals surface area contributed by atoms with Crippen molar-refractivity contribution in [3.63, 3.8) is 0 Å². The zero-order chi connectivity index (χ0) is 19.0. The van der Waals surface area contributed by atoms with E-state index in [9.17, 15) is 14.0 Å². The van der Waals surface area contributed by atoms with Crippen LogP contribution in [-0.2, 0) is 11.3 Å². The van der Waals surface area contributed by atoms with Crippen molar-refractivity contribution in [2.75, 3.05) is 5.32 Å². The van der Waals surface area contributed by atoms with Gasteiger partial charge in [-0.3, -0.25) is 14.6 Å². The molecule has 0 fully saturated rings. The molecule has 0 bridgehead atoms. The quantitative estimate of drug-likeness (QED) is 0.583. The summed E-state index contributed by atoms with van der Waals surface area (Å²) in [5.74, 6) is -0.721. The predicted octanol–water partition coefficient (Wildman–Crippen LogP) is 3.98. The van der Waals surface area contributed by atoms with Gasteiger partial charge in [0.1, 0.15) is 12.4 Å². The summed E-state index contributed by atoms with van der Waals surface area (Å²) >= 11 is 5.96. The number of hydrogen-bond donors (Lipinski definition) is 1. The summed E-state index contributed by atoms with van der Waals surface area (Å²) < 4.78 is 15.2. The van der Waals surface area contributed by atoms with Gasteiger partial charge in [0.2, 0.25) is 5.91 Å². The first-order valence-corrected chi connectivity index (χ1v) is 8.52. The van der Waals surface area contributed by atoms with E-state index in [4.69, 9.17) is 11.6 Å². The van der Waals surface area contributed by atoms with Gasteiger partial charge in [0.25, 0.3) is 0 Å². The highest BCUT2D eigenvalue weighted by atomic mass is 35.5. The molecule has 0 aliphatic carbocycles. The number of hydrogen-bond acceptors (Lipinski definition) is 3. The van der Waals surface area contributed by atoms with Gasteiger partial charge in [-0.2, -0.15) is 0 Å². The van der Waals surface area contributed by atoms with E-state index in [2.05, 4.69) is 10.3 Å². The lowest BCUT2D eigenvalue weighted by Gasteiger charge is -2.12. The second-order valence-corrected chi connectivity index (χ2v) is 6.47. The van der Waals surface area contributed by atoms with E-state index in [1.165, 1.54) is 18.2 Å². The molecule has 0 aliphatic heterocycles. The van der Waals surface area contributed by atoms with Gasteiger partial charge in [0, 0.05) is 34.3 Å². The van der Waals surface area contributed by atoms with Crippen LogP contribution in [-0.4, -0.2) is 15.5 Å².